The number of hydrogen-bond acceptors (Lipinski definition) is 2. The van der Waals surface area contributed by atoms with Gasteiger partial charge >= 0.3 is 0 Å². The smallest absolute Gasteiger partial charge is 0.208 e. The van der Waals surface area contributed by atoms with Crippen LogP contribution in [0.3, 0.4) is 0 Å². The van der Waals surface area contributed by atoms with Crippen molar-refractivity contribution in [2.45, 2.75) is 13.0 Å². The summed E-state index contributed by atoms with van der Waals surface area (Å²) >= 11 is 0. The predicted octanol–water partition coefficient (Wildman–Crippen LogP) is -0.736. The standard InChI is InChI=1S/C4H6N2O.Na/c1-4(2-5)6-3-7;/h3-4H,1H3,(H,6,7);. The number of carbonyl (C=O) groups is 1. The number of nitrogens with zero attached hydrogens (tertiary/aromatic N) is 1. The Kier molecular flexibility index (Phi) is 9.44. The van der Waals surface area contributed by atoms with Gasteiger partial charge in [-0.2, -0.15) is 5.26 Å². The fraction of sp³-hybridized carbons (Fsp3) is 0.500. The van der Waals surface area contributed by atoms with Crippen LogP contribution in [0.5, 0.6) is 0 Å². The van der Waals surface area contributed by atoms with Gasteiger partial charge < -0.3 is 5.32 Å². The number of nitrogens with one attached hydrogen (secondary N) is 1. The summed E-state index contributed by atoms with van der Waals surface area (Å²) in [6.45, 7) is 1.61. The van der Waals surface area contributed by atoms with Crippen molar-refractivity contribution in [2.24, 2.45) is 0 Å². The molecule has 0 rings (SSSR count). The van der Waals surface area contributed by atoms with Gasteiger partial charge in [-0.15, -0.1) is 0 Å². The molecular formula is C4H6N2NaO. The second kappa shape index (κ2) is 6.96. The van der Waals surface area contributed by atoms with Gasteiger partial charge in [-0.25, -0.2) is 0 Å². The van der Waals surface area contributed by atoms with Crippen LogP contribution in [0.15, 0.2) is 0 Å². The second-order valence-electron chi connectivity index (χ2n) is 1.14. The van der Waals surface area contributed by atoms with Crippen LogP contribution < -0.4 is 5.32 Å². The summed E-state index contributed by atoms with van der Waals surface area (Å²) in [5.74, 6) is 0. The first kappa shape index (κ1) is 10.9. The molecule has 0 spiro atoms. The van der Waals surface area contributed by atoms with Crippen LogP contribution in [0.25, 0.3) is 0 Å². The van der Waals surface area contributed by atoms with E-state index in [9.17, 15) is 4.79 Å². The van der Waals surface area contributed by atoms with E-state index < -0.39 is 0 Å². The van der Waals surface area contributed by atoms with E-state index in [0.29, 0.717) is 6.41 Å². The Morgan fingerprint density at radius 3 is 2.50 bits per heavy atom. The molecule has 0 bridgehead atoms. The van der Waals surface area contributed by atoms with Crippen molar-refractivity contribution in [2.75, 3.05) is 0 Å². The van der Waals surface area contributed by atoms with Crippen LogP contribution in [-0.4, -0.2) is 42.0 Å². The van der Waals surface area contributed by atoms with Crippen molar-refractivity contribution in [3.8, 4) is 6.07 Å². The quantitative estimate of drug-likeness (QED) is 0.386. The van der Waals surface area contributed by atoms with E-state index >= 15 is 0 Å². The molecule has 1 N–H and O–H groups in total. The summed E-state index contributed by atoms with van der Waals surface area (Å²) < 4.78 is 0. The van der Waals surface area contributed by atoms with Crippen molar-refractivity contribution >= 4 is 36.0 Å². The second-order valence-corrected chi connectivity index (χ2v) is 1.14. The average Bonchev–Trinajstić information content (AvgIpc) is 1.68. The normalized spacial score (nSPS) is 10.0. The molecule has 0 aromatic carbocycles. The molecule has 4 heteroatoms. The molecule has 1 amide bonds. The fourth-order valence-electron chi connectivity index (χ4n) is 0.139. The maximum Gasteiger partial charge on any atom is 0.208 e. The molecule has 8 heavy (non-hydrogen) atoms. The molecule has 1 unspecified atom stereocenters. The zero-order valence-corrected chi connectivity index (χ0v) is 7.01. The van der Waals surface area contributed by atoms with Gasteiger partial charge in [-0.05, 0) is 6.92 Å². The fourth-order valence-corrected chi connectivity index (χ4v) is 0.139. The van der Waals surface area contributed by atoms with E-state index in [4.69, 9.17) is 5.26 Å². The summed E-state index contributed by atoms with van der Waals surface area (Å²) in [6, 6.07) is 1.46. The third-order valence-electron chi connectivity index (χ3n) is 0.512. The molecule has 0 aromatic rings. The van der Waals surface area contributed by atoms with Gasteiger partial charge in [0.25, 0.3) is 0 Å². The first-order valence-corrected chi connectivity index (χ1v) is 1.90. The molecule has 1 atom stereocenters. The monoisotopic (exact) mass is 121 g/mol. The molecule has 0 saturated carbocycles. The van der Waals surface area contributed by atoms with E-state index in [-0.39, 0.29) is 35.6 Å². The summed E-state index contributed by atoms with van der Waals surface area (Å²) in [5, 5.41) is 10.2. The average molecular weight is 121 g/mol. The van der Waals surface area contributed by atoms with Gasteiger partial charge in [0.05, 0.1) is 6.07 Å². The Labute approximate surface area is 70.4 Å². The molecule has 0 saturated heterocycles. The van der Waals surface area contributed by atoms with E-state index in [0.717, 1.165) is 0 Å². The minimum atomic E-state index is -0.363. The summed E-state index contributed by atoms with van der Waals surface area (Å²) in [5.41, 5.74) is 0. The van der Waals surface area contributed by atoms with Gasteiger partial charge in [0.1, 0.15) is 6.04 Å². The summed E-state index contributed by atoms with van der Waals surface area (Å²) in [6.07, 6.45) is 0.508. The van der Waals surface area contributed by atoms with Crippen molar-refractivity contribution in [3.63, 3.8) is 0 Å². The first-order valence-electron chi connectivity index (χ1n) is 1.90. The maximum atomic E-state index is 9.51. The first-order chi connectivity index (χ1) is 3.31. The van der Waals surface area contributed by atoms with Crippen molar-refractivity contribution in [1.29, 1.82) is 5.26 Å². The summed E-state index contributed by atoms with van der Waals surface area (Å²) in [4.78, 5) is 9.51. The Bertz CT molecular complexity index is 98.7. The van der Waals surface area contributed by atoms with Crippen molar-refractivity contribution in [3.05, 3.63) is 0 Å². The molecule has 0 heterocycles. The van der Waals surface area contributed by atoms with Gasteiger partial charge in [0.15, 0.2) is 0 Å². The van der Waals surface area contributed by atoms with Crippen molar-refractivity contribution in [1.82, 2.24) is 5.32 Å². The predicted molar refractivity (Wildman–Crippen MR) is 30.0 cm³/mol. The van der Waals surface area contributed by atoms with E-state index in [1.807, 2.05) is 6.07 Å². The number of amides is 1. The minimum absolute atomic E-state index is 0. The topological polar surface area (TPSA) is 52.9 Å². The van der Waals surface area contributed by atoms with Crippen LogP contribution in [0, 0.1) is 11.3 Å². The zero-order chi connectivity index (χ0) is 5.70. The van der Waals surface area contributed by atoms with Crippen LogP contribution in [0.2, 0.25) is 0 Å². The molecular weight excluding hydrogens is 115 g/mol. The Hall–Kier alpha value is -0.0400. The minimum Gasteiger partial charge on any atom is -0.343 e. The van der Waals surface area contributed by atoms with E-state index in [1.165, 1.54) is 0 Å². The molecule has 0 fully saturated rings. The number of nitriles is 1. The number of carbonyl (C=O) groups excluding carboxylic acids is 1. The van der Waals surface area contributed by atoms with E-state index in [2.05, 4.69) is 5.32 Å². The molecule has 0 aromatic heterocycles. The SMILES string of the molecule is CC(C#N)NC=O.[Na]. The number of rotatable bonds is 2. The van der Waals surface area contributed by atoms with Crippen molar-refractivity contribution < 1.29 is 4.79 Å². The maximum absolute atomic E-state index is 9.51. The van der Waals surface area contributed by atoms with Gasteiger partial charge in [0.2, 0.25) is 6.41 Å². The zero-order valence-electron chi connectivity index (χ0n) is 5.01. The Morgan fingerprint density at radius 2 is 2.38 bits per heavy atom. The summed E-state index contributed by atoms with van der Waals surface area (Å²) in [7, 11) is 0. The largest absolute Gasteiger partial charge is 0.343 e. The van der Waals surface area contributed by atoms with Crippen LogP contribution in [-0.2, 0) is 4.79 Å². The van der Waals surface area contributed by atoms with Gasteiger partial charge in [0, 0.05) is 29.6 Å². The van der Waals surface area contributed by atoms with Gasteiger partial charge in [-0.1, -0.05) is 0 Å². The van der Waals surface area contributed by atoms with Crippen LogP contribution >= 0.6 is 0 Å². The number of hydrogen-bond donors (Lipinski definition) is 1. The Balaban J connectivity index is 0. The molecule has 39 valence electrons. The molecule has 0 aliphatic carbocycles. The van der Waals surface area contributed by atoms with E-state index in [1.54, 1.807) is 6.92 Å². The van der Waals surface area contributed by atoms with Crippen LogP contribution in [0.1, 0.15) is 6.92 Å². The molecule has 0 aliphatic rings. The third kappa shape index (κ3) is 5.96. The Morgan fingerprint density at radius 1 is 1.88 bits per heavy atom. The molecule has 1 radical (unpaired) electrons. The molecule has 0 aliphatic heterocycles. The van der Waals surface area contributed by atoms with Gasteiger partial charge in [-0.3, -0.25) is 4.79 Å². The third-order valence-corrected chi connectivity index (χ3v) is 0.512. The van der Waals surface area contributed by atoms with Crippen LogP contribution in [0.4, 0.5) is 0 Å². The molecule has 3 nitrogen and oxygen atoms in total.